The molecule has 0 saturated heterocycles. The highest BCUT2D eigenvalue weighted by Gasteiger charge is 2.27. The number of primary amides is 1. The van der Waals surface area contributed by atoms with Gasteiger partial charge in [0.1, 0.15) is 12.1 Å². The monoisotopic (exact) mass is 460 g/mol. The zero-order chi connectivity index (χ0) is 24.8. The van der Waals surface area contributed by atoms with E-state index in [1.165, 1.54) is 0 Å². The van der Waals surface area contributed by atoms with Gasteiger partial charge in [0.2, 0.25) is 23.6 Å². The minimum atomic E-state index is -1.62. The van der Waals surface area contributed by atoms with Crippen LogP contribution in [0.3, 0.4) is 0 Å². The Morgan fingerprint density at radius 1 is 0.875 bits per heavy atom. The molecule has 0 spiro atoms. The number of nitrogens with two attached hydrogens (primary N) is 4. The molecule has 0 aliphatic carbocycles. The van der Waals surface area contributed by atoms with Crippen molar-refractivity contribution in [3.8, 4) is 0 Å². The molecule has 0 saturated carbocycles. The molecule has 32 heavy (non-hydrogen) atoms. The van der Waals surface area contributed by atoms with Crippen molar-refractivity contribution in [1.29, 1.82) is 0 Å². The molecule has 180 valence electrons. The van der Waals surface area contributed by atoms with E-state index < -0.39 is 73.1 Å². The van der Waals surface area contributed by atoms with Crippen LogP contribution < -0.4 is 38.9 Å². The van der Waals surface area contributed by atoms with Crippen LogP contribution in [0.25, 0.3) is 0 Å². The second-order valence-electron chi connectivity index (χ2n) is 6.56. The summed E-state index contributed by atoms with van der Waals surface area (Å²) in [5.74, 6) is -6.64. The van der Waals surface area contributed by atoms with Gasteiger partial charge in [-0.1, -0.05) is 0 Å². The molecule has 0 heterocycles. The number of aliphatic imine (C=N–C) groups is 1. The number of hydrogen-bond donors (Lipinski definition) is 9. The number of hydrogen-bond acceptors (Lipinski definition) is 8. The summed E-state index contributed by atoms with van der Waals surface area (Å²) in [4.78, 5) is 72.8. The van der Waals surface area contributed by atoms with Crippen LogP contribution in [0.2, 0.25) is 0 Å². The van der Waals surface area contributed by atoms with E-state index in [1.54, 1.807) is 0 Å². The van der Waals surface area contributed by atoms with Crippen LogP contribution in [0.4, 0.5) is 0 Å². The third-order valence-corrected chi connectivity index (χ3v) is 3.77. The van der Waals surface area contributed by atoms with Crippen LogP contribution in [0.1, 0.15) is 25.7 Å². The smallest absolute Gasteiger partial charge is 0.326 e. The van der Waals surface area contributed by atoms with Gasteiger partial charge in [0.05, 0.1) is 25.4 Å². The quantitative estimate of drug-likeness (QED) is 0.0632. The second-order valence-corrected chi connectivity index (χ2v) is 6.56. The summed E-state index contributed by atoms with van der Waals surface area (Å²) in [7, 11) is 0. The van der Waals surface area contributed by atoms with Crippen LogP contribution >= 0.6 is 0 Å². The molecule has 3 unspecified atom stereocenters. The van der Waals surface area contributed by atoms with Gasteiger partial charge in [0, 0.05) is 6.54 Å². The SMILES string of the molecule is NC(=O)CC(NC(=O)C(CCCN=C(N)N)NC(=O)CNC(=O)C(N)CC(=O)O)C(=O)O. The average molecular weight is 460 g/mol. The van der Waals surface area contributed by atoms with E-state index >= 15 is 0 Å². The molecule has 0 radical (unpaired) electrons. The van der Waals surface area contributed by atoms with Crippen LogP contribution in [-0.2, 0) is 28.8 Å². The number of aliphatic carboxylic acids is 2. The Bertz CT molecular complexity index is 752. The Balaban J connectivity index is 5.08. The second kappa shape index (κ2) is 14.1. The number of carbonyl (C=O) groups excluding carboxylic acids is 4. The zero-order valence-electron chi connectivity index (χ0n) is 17.1. The molecular weight excluding hydrogens is 432 g/mol. The van der Waals surface area contributed by atoms with Crippen molar-refractivity contribution >= 4 is 41.5 Å². The number of rotatable bonds is 15. The molecule has 13 N–H and O–H groups in total. The summed E-state index contributed by atoms with van der Waals surface area (Å²) in [6.45, 7) is -0.528. The lowest BCUT2D eigenvalue weighted by Crippen LogP contribution is -2.54. The van der Waals surface area contributed by atoms with Gasteiger partial charge >= 0.3 is 11.9 Å². The normalized spacial score (nSPS) is 13.0. The maximum Gasteiger partial charge on any atom is 0.326 e. The lowest BCUT2D eigenvalue weighted by molar-refractivity contribution is -0.143. The molecule has 0 fully saturated rings. The molecule has 4 amide bonds. The fourth-order valence-electron chi connectivity index (χ4n) is 2.27. The lowest BCUT2D eigenvalue weighted by Gasteiger charge is -2.21. The zero-order valence-corrected chi connectivity index (χ0v) is 17.1. The van der Waals surface area contributed by atoms with Crippen molar-refractivity contribution in [2.75, 3.05) is 13.1 Å². The Hall–Kier alpha value is -3.95. The molecule has 0 aromatic rings. The van der Waals surface area contributed by atoms with Gasteiger partial charge in [0.15, 0.2) is 5.96 Å². The number of carboxylic acid groups (broad SMARTS) is 2. The fourth-order valence-corrected chi connectivity index (χ4v) is 2.27. The van der Waals surface area contributed by atoms with E-state index in [4.69, 9.17) is 33.1 Å². The molecule has 0 aliphatic heterocycles. The summed E-state index contributed by atoms with van der Waals surface area (Å²) in [5, 5.41) is 24.2. The first kappa shape index (κ1) is 28.0. The van der Waals surface area contributed by atoms with Gasteiger partial charge in [-0.05, 0) is 12.8 Å². The van der Waals surface area contributed by atoms with Crippen LogP contribution in [-0.4, -0.2) is 83.0 Å². The molecule has 16 heteroatoms. The van der Waals surface area contributed by atoms with Crippen LogP contribution in [0.15, 0.2) is 4.99 Å². The molecule has 0 bridgehead atoms. The number of nitrogens with zero attached hydrogens (tertiary/aromatic N) is 1. The van der Waals surface area contributed by atoms with E-state index in [0.29, 0.717) is 0 Å². The third-order valence-electron chi connectivity index (χ3n) is 3.77. The molecule has 0 rings (SSSR count). The molecule has 16 nitrogen and oxygen atoms in total. The number of carboxylic acids is 2. The summed E-state index contributed by atoms with van der Waals surface area (Å²) in [6, 6.07) is -4.27. The fraction of sp³-hybridized carbons (Fsp3) is 0.562. The summed E-state index contributed by atoms with van der Waals surface area (Å²) < 4.78 is 0. The minimum absolute atomic E-state index is 0.0241. The molecule has 0 aliphatic rings. The van der Waals surface area contributed by atoms with Gasteiger partial charge in [-0.25, -0.2) is 4.79 Å². The van der Waals surface area contributed by atoms with Crippen molar-refractivity contribution < 1.29 is 39.0 Å². The molecular formula is C16H28N8O8. The van der Waals surface area contributed by atoms with E-state index in [0.717, 1.165) is 0 Å². The largest absolute Gasteiger partial charge is 0.481 e. The standard InChI is InChI=1S/C16H28N8O8/c17-7(4-12(27)28)13(29)22-6-11(26)23-8(2-1-3-21-16(19)20)14(30)24-9(15(31)32)5-10(18)25/h7-9H,1-6,17H2,(H2,18,25)(H,22,29)(H,23,26)(H,24,30)(H,27,28)(H,31,32)(H4,19,20,21). The maximum atomic E-state index is 12.5. The minimum Gasteiger partial charge on any atom is -0.481 e. The molecule has 3 atom stereocenters. The first-order chi connectivity index (χ1) is 14.8. The average Bonchev–Trinajstić information content (AvgIpc) is 2.66. The topological polar surface area (TPSA) is 295 Å². The van der Waals surface area contributed by atoms with Gasteiger partial charge in [-0.15, -0.1) is 0 Å². The van der Waals surface area contributed by atoms with E-state index in [2.05, 4.69) is 20.9 Å². The first-order valence-corrected chi connectivity index (χ1v) is 9.24. The number of amides is 4. The molecule has 0 aromatic heterocycles. The predicted octanol–water partition coefficient (Wildman–Crippen LogP) is -5.11. The van der Waals surface area contributed by atoms with Crippen molar-refractivity contribution in [1.82, 2.24) is 16.0 Å². The number of nitrogens with one attached hydrogen (secondary N) is 3. The summed E-state index contributed by atoms with van der Waals surface area (Å²) in [6.07, 6.45) is -1.14. The Labute approximate surface area is 182 Å². The van der Waals surface area contributed by atoms with Crippen molar-refractivity contribution in [2.24, 2.45) is 27.9 Å². The Morgan fingerprint density at radius 3 is 2.00 bits per heavy atom. The van der Waals surface area contributed by atoms with Crippen molar-refractivity contribution in [2.45, 2.75) is 43.8 Å². The van der Waals surface area contributed by atoms with E-state index in [9.17, 15) is 28.8 Å². The van der Waals surface area contributed by atoms with Crippen molar-refractivity contribution in [3.05, 3.63) is 0 Å². The highest BCUT2D eigenvalue weighted by Crippen LogP contribution is 2.01. The van der Waals surface area contributed by atoms with Gasteiger partial charge in [0.25, 0.3) is 0 Å². The van der Waals surface area contributed by atoms with Crippen LogP contribution in [0, 0.1) is 0 Å². The predicted molar refractivity (Wildman–Crippen MR) is 108 cm³/mol. The van der Waals surface area contributed by atoms with Gasteiger partial charge in [-0.3, -0.25) is 29.0 Å². The lowest BCUT2D eigenvalue weighted by atomic mass is 10.1. The number of guanidine groups is 1. The Kier molecular flexibility index (Phi) is 12.4. The van der Waals surface area contributed by atoms with Gasteiger partial charge < -0.3 is 49.1 Å². The third kappa shape index (κ3) is 12.6. The first-order valence-electron chi connectivity index (χ1n) is 9.24. The number of carbonyl (C=O) groups is 6. The van der Waals surface area contributed by atoms with Crippen molar-refractivity contribution in [3.63, 3.8) is 0 Å². The van der Waals surface area contributed by atoms with Gasteiger partial charge in [-0.2, -0.15) is 0 Å². The van der Waals surface area contributed by atoms with Crippen LogP contribution in [0.5, 0.6) is 0 Å². The highest BCUT2D eigenvalue weighted by atomic mass is 16.4. The summed E-state index contributed by atoms with van der Waals surface area (Å²) >= 11 is 0. The van der Waals surface area contributed by atoms with E-state index in [1.807, 2.05) is 0 Å². The highest BCUT2D eigenvalue weighted by molar-refractivity contribution is 5.94. The maximum absolute atomic E-state index is 12.5. The van der Waals surface area contributed by atoms with E-state index in [-0.39, 0.29) is 25.3 Å². The summed E-state index contributed by atoms with van der Waals surface area (Å²) in [5.41, 5.74) is 20.7. The Morgan fingerprint density at radius 2 is 1.50 bits per heavy atom. The molecule has 0 aromatic carbocycles.